The Bertz CT molecular complexity index is 997. The van der Waals surface area contributed by atoms with E-state index in [0.29, 0.717) is 11.4 Å². The smallest absolute Gasteiger partial charge is 0.276 e. The summed E-state index contributed by atoms with van der Waals surface area (Å²) in [6, 6.07) is 5.76. The average molecular weight is 321 g/mol. The molecule has 0 saturated heterocycles. The van der Waals surface area contributed by atoms with Crippen molar-refractivity contribution in [1.29, 1.82) is 0 Å². The minimum Gasteiger partial charge on any atom is -0.318 e. The molecule has 0 spiro atoms. The normalized spacial score (nSPS) is 11.0. The molecule has 0 unspecified atom stereocenters. The maximum Gasteiger partial charge on any atom is 0.276 e. The van der Waals surface area contributed by atoms with E-state index in [1.807, 2.05) is 31.3 Å². The van der Waals surface area contributed by atoms with Crippen LogP contribution in [0.1, 0.15) is 17.4 Å². The highest BCUT2D eigenvalue weighted by Crippen LogP contribution is 2.24. The number of H-pyrrole nitrogens is 2. The number of aromatic amines is 2. The van der Waals surface area contributed by atoms with Crippen molar-refractivity contribution in [3.8, 4) is 11.1 Å². The van der Waals surface area contributed by atoms with Crippen LogP contribution < -0.4 is 5.32 Å². The minimum absolute atomic E-state index is 0.270. The number of carbonyl (C=O) groups excluding carboxylic acids is 1. The van der Waals surface area contributed by atoms with Gasteiger partial charge in [-0.1, -0.05) is 6.07 Å². The molecule has 8 heteroatoms. The standard InChI is InChI=1S/C16H15N7O/c1-2-23-9-12(8-19-23)20-16(24)15-13-4-3-10(5-14(13)21-22-15)11-6-17-18-7-11/h3-9H,2H2,1H3,(H,17,18)(H,20,24)(H,21,22). The van der Waals surface area contributed by atoms with Gasteiger partial charge in [0.2, 0.25) is 0 Å². The van der Waals surface area contributed by atoms with Gasteiger partial charge >= 0.3 is 0 Å². The van der Waals surface area contributed by atoms with Crippen molar-refractivity contribution in [2.45, 2.75) is 13.5 Å². The van der Waals surface area contributed by atoms with Gasteiger partial charge in [0.1, 0.15) is 0 Å². The van der Waals surface area contributed by atoms with E-state index in [1.54, 1.807) is 23.3 Å². The Morgan fingerprint density at radius 3 is 2.96 bits per heavy atom. The van der Waals surface area contributed by atoms with Gasteiger partial charge in [-0.3, -0.25) is 19.7 Å². The molecule has 0 bridgehead atoms. The Labute approximate surface area is 136 Å². The number of benzene rings is 1. The van der Waals surface area contributed by atoms with Gasteiger partial charge < -0.3 is 5.32 Å². The van der Waals surface area contributed by atoms with Gasteiger partial charge in [-0.15, -0.1) is 0 Å². The number of anilines is 1. The third-order valence-corrected chi connectivity index (χ3v) is 3.82. The fourth-order valence-electron chi connectivity index (χ4n) is 2.57. The maximum absolute atomic E-state index is 12.5. The largest absolute Gasteiger partial charge is 0.318 e. The Hall–Kier alpha value is -3.42. The van der Waals surface area contributed by atoms with Crippen LogP contribution in [0.25, 0.3) is 22.0 Å². The third-order valence-electron chi connectivity index (χ3n) is 3.82. The van der Waals surface area contributed by atoms with Gasteiger partial charge in [-0.05, 0) is 24.6 Å². The highest BCUT2D eigenvalue weighted by molar-refractivity contribution is 6.11. The molecule has 24 heavy (non-hydrogen) atoms. The fraction of sp³-hybridized carbons (Fsp3) is 0.125. The first-order chi connectivity index (χ1) is 11.7. The van der Waals surface area contributed by atoms with E-state index in [9.17, 15) is 4.79 Å². The fourth-order valence-corrected chi connectivity index (χ4v) is 2.57. The molecule has 3 aromatic heterocycles. The van der Waals surface area contributed by atoms with Crippen molar-refractivity contribution in [1.82, 2.24) is 30.2 Å². The summed E-state index contributed by atoms with van der Waals surface area (Å²) in [6.07, 6.45) is 6.96. The van der Waals surface area contributed by atoms with Crippen LogP contribution in [0.2, 0.25) is 0 Å². The second-order valence-corrected chi connectivity index (χ2v) is 5.36. The van der Waals surface area contributed by atoms with Crippen LogP contribution in [0.15, 0.2) is 43.0 Å². The molecule has 120 valence electrons. The van der Waals surface area contributed by atoms with Crippen molar-refractivity contribution in [2.75, 3.05) is 5.32 Å². The summed E-state index contributed by atoms with van der Waals surface area (Å²) < 4.78 is 1.75. The number of hydrogen-bond donors (Lipinski definition) is 3. The lowest BCUT2D eigenvalue weighted by Crippen LogP contribution is -2.12. The second-order valence-electron chi connectivity index (χ2n) is 5.36. The molecule has 8 nitrogen and oxygen atoms in total. The average Bonchev–Trinajstić information content (AvgIpc) is 3.34. The zero-order chi connectivity index (χ0) is 16.5. The quantitative estimate of drug-likeness (QED) is 0.537. The monoisotopic (exact) mass is 321 g/mol. The van der Waals surface area contributed by atoms with Crippen LogP contribution >= 0.6 is 0 Å². The zero-order valence-electron chi connectivity index (χ0n) is 12.9. The van der Waals surface area contributed by atoms with E-state index in [-0.39, 0.29) is 5.91 Å². The van der Waals surface area contributed by atoms with E-state index < -0.39 is 0 Å². The minimum atomic E-state index is -0.270. The number of carbonyl (C=O) groups is 1. The van der Waals surface area contributed by atoms with Crippen LogP contribution in [0, 0.1) is 0 Å². The molecule has 0 atom stereocenters. The molecule has 0 radical (unpaired) electrons. The Morgan fingerprint density at radius 1 is 1.29 bits per heavy atom. The topological polar surface area (TPSA) is 104 Å². The highest BCUT2D eigenvalue weighted by Gasteiger charge is 2.15. The van der Waals surface area contributed by atoms with Crippen molar-refractivity contribution in [3.05, 3.63) is 48.7 Å². The number of fused-ring (bicyclic) bond motifs is 1. The Balaban J connectivity index is 1.63. The SMILES string of the molecule is CCn1cc(NC(=O)c2n[nH]c3cc(-c4cn[nH]c4)ccc23)cn1. The number of nitrogens with one attached hydrogen (secondary N) is 3. The van der Waals surface area contributed by atoms with Gasteiger partial charge in [-0.25, -0.2) is 0 Å². The Morgan fingerprint density at radius 2 is 2.21 bits per heavy atom. The first-order valence-electron chi connectivity index (χ1n) is 7.55. The number of nitrogens with zero attached hydrogens (tertiary/aromatic N) is 4. The zero-order valence-corrected chi connectivity index (χ0v) is 12.9. The molecule has 4 aromatic rings. The summed E-state index contributed by atoms with van der Waals surface area (Å²) in [7, 11) is 0. The summed E-state index contributed by atoms with van der Waals surface area (Å²) in [6.45, 7) is 2.73. The summed E-state index contributed by atoms with van der Waals surface area (Å²) in [5.74, 6) is -0.270. The molecule has 0 aliphatic carbocycles. The van der Waals surface area contributed by atoms with Crippen LogP contribution in [0.4, 0.5) is 5.69 Å². The first-order valence-corrected chi connectivity index (χ1v) is 7.55. The summed E-state index contributed by atoms with van der Waals surface area (Å²) in [4.78, 5) is 12.5. The van der Waals surface area contributed by atoms with Gasteiger partial charge in [0.15, 0.2) is 5.69 Å². The number of aromatic nitrogens is 6. The molecule has 0 aliphatic rings. The van der Waals surface area contributed by atoms with Crippen molar-refractivity contribution in [3.63, 3.8) is 0 Å². The molecule has 3 heterocycles. The summed E-state index contributed by atoms with van der Waals surface area (Å²) in [5, 5.41) is 21.5. The summed E-state index contributed by atoms with van der Waals surface area (Å²) >= 11 is 0. The second kappa shape index (κ2) is 5.65. The van der Waals surface area contributed by atoms with Crippen LogP contribution in [0.5, 0.6) is 0 Å². The predicted molar refractivity (Wildman–Crippen MR) is 89.5 cm³/mol. The molecular formula is C16H15N7O. The van der Waals surface area contributed by atoms with Crippen LogP contribution in [-0.2, 0) is 6.54 Å². The first kappa shape index (κ1) is 14.2. The van der Waals surface area contributed by atoms with E-state index in [2.05, 4.69) is 30.8 Å². The number of aryl methyl sites for hydroxylation is 1. The van der Waals surface area contributed by atoms with Crippen LogP contribution in [0.3, 0.4) is 0 Å². The molecule has 0 aliphatic heterocycles. The molecule has 3 N–H and O–H groups in total. The number of amides is 1. The van der Waals surface area contributed by atoms with Crippen LogP contribution in [-0.4, -0.2) is 36.1 Å². The van der Waals surface area contributed by atoms with Crippen molar-refractivity contribution >= 4 is 22.5 Å². The molecule has 4 rings (SSSR count). The summed E-state index contributed by atoms with van der Waals surface area (Å²) in [5.41, 5.74) is 3.77. The van der Waals surface area contributed by atoms with Gasteiger partial charge in [0.05, 0.1) is 23.6 Å². The number of rotatable bonds is 4. The molecule has 1 aromatic carbocycles. The lowest BCUT2D eigenvalue weighted by atomic mass is 10.1. The third kappa shape index (κ3) is 2.43. The highest BCUT2D eigenvalue weighted by atomic mass is 16.2. The van der Waals surface area contributed by atoms with Crippen molar-refractivity contribution in [2.24, 2.45) is 0 Å². The molecule has 0 fully saturated rings. The van der Waals surface area contributed by atoms with Gasteiger partial charge in [0.25, 0.3) is 5.91 Å². The lowest BCUT2D eigenvalue weighted by molar-refractivity contribution is 0.102. The molecular weight excluding hydrogens is 306 g/mol. The van der Waals surface area contributed by atoms with E-state index in [4.69, 9.17) is 0 Å². The van der Waals surface area contributed by atoms with E-state index in [1.165, 1.54) is 0 Å². The Kier molecular flexibility index (Phi) is 3.34. The number of hydrogen-bond acceptors (Lipinski definition) is 4. The van der Waals surface area contributed by atoms with Crippen molar-refractivity contribution < 1.29 is 4.79 Å². The molecule has 1 amide bonds. The predicted octanol–water partition coefficient (Wildman–Crippen LogP) is 2.42. The maximum atomic E-state index is 12.5. The van der Waals surface area contributed by atoms with E-state index in [0.717, 1.165) is 28.6 Å². The van der Waals surface area contributed by atoms with Gasteiger partial charge in [-0.2, -0.15) is 15.3 Å². The lowest BCUT2D eigenvalue weighted by Gasteiger charge is -2.00. The van der Waals surface area contributed by atoms with E-state index >= 15 is 0 Å². The molecule has 0 saturated carbocycles. The van der Waals surface area contributed by atoms with Gasteiger partial charge in [0, 0.05) is 29.9 Å².